The zero-order chi connectivity index (χ0) is 8.32. The third-order valence-corrected chi connectivity index (χ3v) is 1.89. The number of rotatable bonds is 3. The molecule has 1 saturated heterocycles. The fourth-order valence-corrected chi connectivity index (χ4v) is 0.943. The van der Waals surface area contributed by atoms with E-state index in [9.17, 15) is 9.90 Å². The lowest BCUT2D eigenvalue weighted by molar-refractivity contribution is -0.120. The zero-order valence-corrected chi connectivity index (χ0v) is 6.82. The van der Waals surface area contributed by atoms with Crippen LogP contribution in [0.25, 0.3) is 0 Å². The Balaban J connectivity index is 2.16. The van der Waals surface area contributed by atoms with Gasteiger partial charge in [0.15, 0.2) is 0 Å². The third-order valence-electron chi connectivity index (χ3n) is 1.64. The average Bonchev–Trinajstić information content (AvgIpc) is 1.96. The van der Waals surface area contributed by atoms with Gasteiger partial charge in [-0.25, -0.2) is 0 Å². The quantitative estimate of drug-likeness (QED) is 0.470. The second-order valence-corrected chi connectivity index (χ2v) is 3.01. The van der Waals surface area contributed by atoms with Crippen molar-refractivity contribution in [2.45, 2.75) is 5.60 Å². The van der Waals surface area contributed by atoms with Crippen LogP contribution in [0.3, 0.4) is 0 Å². The summed E-state index contributed by atoms with van der Waals surface area (Å²) in [6.07, 6.45) is 0. The van der Waals surface area contributed by atoms with Crippen LogP contribution in [0.5, 0.6) is 0 Å². The van der Waals surface area contributed by atoms with Gasteiger partial charge in [-0.1, -0.05) is 0 Å². The summed E-state index contributed by atoms with van der Waals surface area (Å²) in [4.78, 5) is 10.6. The van der Waals surface area contributed by atoms with E-state index < -0.39 is 5.60 Å². The van der Waals surface area contributed by atoms with Gasteiger partial charge in [0.2, 0.25) is 5.91 Å². The first-order valence-electron chi connectivity index (χ1n) is 3.42. The Labute approximate surface area is 69.9 Å². The van der Waals surface area contributed by atoms with Crippen LogP contribution in [0.1, 0.15) is 0 Å². The van der Waals surface area contributed by atoms with Crippen molar-refractivity contribution in [3.8, 4) is 0 Å². The summed E-state index contributed by atoms with van der Waals surface area (Å²) < 4.78 is 0. The molecule has 1 amide bonds. The fourth-order valence-electron chi connectivity index (χ4n) is 0.849. The molecular weight excluding hydrogens is 168 g/mol. The maximum atomic E-state index is 10.6. The summed E-state index contributed by atoms with van der Waals surface area (Å²) >= 11 is 5.23. The molecule has 0 aromatic heterocycles. The minimum atomic E-state index is -0.748. The topological polar surface area (TPSA) is 61.4 Å². The lowest BCUT2D eigenvalue weighted by Crippen LogP contribution is -2.64. The molecule has 1 heterocycles. The number of nitrogens with one attached hydrogen (secondary N) is 2. The molecule has 0 atom stereocenters. The van der Waals surface area contributed by atoms with Crippen molar-refractivity contribution in [2.75, 3.05) is 25.5 Å². The number of alkyl halides is 1. The average molecular weight is 179 g/mol. The number of halogens is 1. The minimum Gasteiger partial charge on any atom is -0.385 e. The first kappa shape index (κ1) is 8.77. The molecule has 64 valence electrons. The van der Waals surface area contributed by atoms with Gasteiger partial charge < -0.3 is 15.7 Å². The maximum absolute atomic E-state index is 10.6. The van der Waals surface area contributed by atoms with E-state index in [0.717, 1.165) is 0 Å². The fraction of sp³-hybridized carbons (Fsp3) is 0.833. The second kappa shape index (κ2) is 3.38. The number of hydrogen-bond donors (Lipinski definition) is 3. The van der Waals surface area contributed by atoms with Crippen molar-refractivity contribution in [3.63, 3.8) is 0 Å². The highest BCUT2D eigenvalue weighted by atomic mass is 35.5. The Morgan fingerprint density at radius 3 is 2.73 bits per heavy atom. The van der Waals surface area contributed by atoms with E-state index in [1.807, 2.05) is 0 Å². The monoisotopic (exact) mass is 178 g/mol. The number of aliphatic hydroxyl groups is 1. The molecule has 0 aliphatic carbocycles. The second-order valence-electron chi connectivity index (χ2n) is 2.74. The number of carbonyl (C=O) groups excluding carboxylic acids is 1. The molecule has 1 aliphatic heterocycles. The van der Waals surface area contributed by atoms with Crippen molar-refractivity contribution < 1.29 is 9.90 Å². The molecule has 0 aromatic carbocycles. The molecule has 0 unspecified atom stereocenters. The molecule has 0 aromatic rings. The summed E-state index contributed by atoms with van der Waals surface area (Å²) in [6.45, 7) is 1.36. The molecule has 11 heavy (non-hydrogen) atoms. The number of carbonyl (C=O) groups is 1. The van der Waals surface area contributed by atoms with E-state index >= 15 is 0 Å². The van der Waals surface area contributed by atoms with Gasteiger partial charge in [-0.05, 0) is 0 Å². The normalized spacial score (nSPS) is 20.5. The van der Waals surface area contributed by atoms with Crippen LogP contribution in [0.15, 0.2) is 0 Å². The summed E-state index contributed by atoms with van der Waals surface area (Å²) in [5.41, 5.74) is -0.748. The highest BCUT2D eigenvalue weighted by Gasteiger charge is 2.34. The summed E-state index contributed by atoms with van der Waals surface area (Å²) in [5, 5.41) is 14.9. The van der Waals surface area contributed by atoms with Gasteiger partial charge in [0.05, 0.1) is 0 Å². The standard InChI is InChI=1S/C6H11ClN2O2/c7-1-5(10)9-4-6(11)2-8-3-6/h8,11H,1-4H2,(H,9,10). The van der Waals surface area contributed by atoms with E-state index in [0.29, 0.717) is 13.1 Å². The van der Waals surface area contributed by atoms with E-state index in [1.54, 1.807) is 0 Å². The zero-order valence-electron chi connectivity index (χ0n) is 6.06. The minimum absolute atomic E-state index is 0.0521. The molecule has 0 spiro atoms. The van der Waals surface area contributed by atoms with Crippen molar-refractivity contribution in [3.05, 3.63) is 0 Å². The Hall–Kier alpha value is -0.320. The van der Waals surface area contributed by atoms with Gasteiger partial charge >= 0.3 is 0 Å². The molecule has 1 fully saturated rings. The Morgan fingerprint density at radius 1 is 1.73 bits per heavy atom. The van der Waals surface area contributed by atoms with Gasteiger partial charge in [0.1, 0.15) is 11.5 Å². The third kappa shape index (κ3) is 2.32. The highest BCUT2D eigenvalue weighted by Crippen LogP contribution is 2.07. The molecule has 1 rings (SSSR count). The number of β-amino-alcohol motifs (C(OH)–C–C–N with tert-alkyl or cyclic N) is 1. The molecular formula is C6H11ClN2O2. The number of amides is 1. The van der Waals surface area contributed by atoms with Crippen LogP contribution in [0, 0.1) is 0 Å². The summed E-state index contributed by atoms with van der Waals surface area (Å²) in [7, 11) is 0. The largest absolute Gasteiger partial charge is 0.385 e. The predicted molar refractivity (Wildman–Crippen MR) is 41.5 cm³/mol. The van der Waals surface area contributed by atoms with Gasteiger partial charge in [-0.15, -0.1) is 11.6 Å². The lowest BCUT2D eigenvalue weighted by atomic mass is 9.97. The van der Waals surface area contributed by atoms with Crippen LogP contribution in [-0.4, -0.2) is 42.1 Å². The molecule has 5 heteroatoms. The predicted octanol–water partition coefficient (Wildman–Crippen LogP) is -1.32. The molecule has 3 N–H and O–H groups in total. The lowest BCUT2D eigenvalue weighted by Gasteiger charge is -2.37. The summed E-state index contributed by atoms with van der Waals surface area (Å²) in [6, 6.07) is 0. The highest BCUT2D eigenvalue weighted by molar-refractivity contribution is 6.27. The first-order valence-corrected chi connectivity index (χ1v) is 3.95. The molecule has 0 bridgehead atoms. The van der Waals surface area contributed by atoms with E-state index in [-0.39, 0.29) is 18.3 Å². The van der Waals surface area contributed by atoms with E-state index in [2.05, 4.69) is 10.6 Å². The van der Waals surface area contributed by atoms with Crippen molar-refractivity contribution in [2.24, 2.45) is 0 Å². The van der Waals surface area contributed by atoms with Crippen LogP contribution in [0.4, 0.5) is 0 Å². The van der Waals surface area contributed by atoms with Crippen LogP contribution in [-0.2, 0) is 4.79 Å². The maximum Gasteiger partial charge on any atom is 0.235 e. The van der Waals surface area contributed by atoms with Crippen molar-refractivity contribution >= 4 is 17.5 Å². The smallest absolute Gasteiger partial charge is 0.235 e. The van der Waals surface area contributed by atoms with Gasteiger partial charge in [0.25, 0.3) is 0 Å². The molecule has 1 aliphatic rings. The van der Waals surface area contributed by atoms with Crippen LogP contribution >= 0.6 is 11.6 Å². The first-order chi connectivity index (χ1) is 5.16. The van der Waals surface area contributed by atoms with Crippen molar-refractivity contribution in [1.82, 2.24) is 10.6 Å². The molecule has 4 nitrogen and oxygen atoms in total. The van der Waals surface area contributed by atoms with Gasteiger partial charge in [-0.2, -0.15) is 0 Å². The summed E-state index contributed by atoms with van der Waals surface area (Å²) in [5.74, 6) is -0.296. The Kier molecular flexibility index (Phi) is 2.70. The Bertz CT molecular complexity index is 159. The molecule has 0 saturated carbocycles. The number of hydrogen-bond acceptors (Lipinski definition) is 3. The van der Waals surface area contributed by atoms with Crippen LogP contribution in [0.2, 0.25) is 0 Å². The van der Waals surface area contributed by atoms with Crippen molar-refractivity contribution in [1.29, 1.82) is 0 Å². The van der Waals surface area contributed by atoms with Gasteiger partial charge in [0, 0.05) is 19.6 Å². The van der Waals surface area contributed by atoms with E-state index in [4.69, 9.17) is 11.6 Å². The van der Waals surface area contributed by atoms with Gasteiger partial charge in [-0.3, -0.25) is 4.79 Å². The molecule has 0 radical (unpaired) electrons. The van der Waals surface area contributed by atoms with Crippen LogP contribution < -0.4 is 10.6 Å². The SMILES string of the molecule is O=C(CCl)NCC1(O)CNC1. The van der Waals surface area contributed by atoms with E-state index in [1.165, 1.54) is 0 Å². The Morgan fingerprint density at radius 2 is 2.36 bits per heavy atom.